The van der Waals surface area contributed by atoms with Crippen LogP contribution in [0.4, 0.5) is 0 Å². The van der Waals surface area contributed by atoms with Gasteiger partial charge in [0.2, 0.25) is 0 Å². The minimum absolute atomic E-state index is 0.527. The van der Waals surface area contributed by atoms with Crippen molar-refractivity contribution in [1.29, 1.82) is 0 Å². The SMILES string of the molecule is NC(=NCc1cn2c(n1)CCCC2)NC1CCCC1. The molecule has 1 aromatic heterocycles. The molecule has 0 aromatic carbocycles. The van der Waals surface area contributed by atoms with Gasteiger partial charge >= 0.3 is 0 Å². The number of nitrogens with two attached hydrogens (primary N) is 1. The van der Waals surface area contributed by atoms with Gasteiger partial charge in [0.05, 0.1) is 12.2 Å². The average Bonchev–Trinajstić information content (AvgIpc) is 3.04. The van der Waals surface area contributed by atoms with E-state index in [1.54, 1.807) is 0 Å². The van der Waals surface area contributed by atoms with Crippen LogP contribution in [0.25, 0.3) is 0 Å². The molecule has 1 aliphatic heterocycles. The first kappa shape index (κ1) is 12.5. The summed E-state index contributed by atoms with van der Waals surface area (Å²) in [6.45, 7) is 1.69. The lowest BCUT2D eigenvalue weighted by molar-refractivity contribution is 0.522. The maximum atomic E-state index is 5.93. The number of fused-ring (bicyclic) bond motifs is 1. The second-order valence-electron chi connectivity index (χ2n) is 5.63. The van der Waals surface area contributed by atoms with E-state index in [0.29, 0.717) is 18.5 Å². The van der Waals surface area contributed by atoms with Crippen LogP contribution < -0.4 is 11.1 Å². The van der Waals surface area contributed by atoms with E-state index in [1.807, 2.05) is 0 Å². The Morgan fingerprint density at radius 3 is 3.00 bits per heavy atom. The fraction of sp³-hybridized carbons (Fsp3) is 0.714. The van der Waals surface area contributed by atoms with Gasteiger partial charge in [0, 0.05) is 25.2 Å². The third kappa shape index (κ3) is 3.08. The molecule has 5 heteroatoms. The quantitative estimate of drug-likeness (QED) is 0.641. The van der Waals surface area contributed by atoms with Crippen LogP contribution in [-0.4, -0.2) is 21.6 Å². The number of nitrogens with zero attached hydrogens (tertiary/aromatic N) is 3. The van der Waals surface area contributed by atoms with Gasteiger partial charge in [-0.1, -0.05) is 12.8 Å². The predicted molar refractivity (Wildman–Crippen MR) is 75.9 cm³/mol. The molecule has 0 atom stereocenters. The van der Waals surface area contributed by atoms with Gasteiger partial charge in [0.15, 0.2) is 5.96 Å². The summed E-state index contributed by atoms with van der Waals surface area (Å²) in [6.07, 6.45) is 10.8. The lowest BCUT2D eigenvalue weighted by Gasteiger charge is -2.11. The van der Waals surface area contributed by atoms with Crippen LogP contribution in [0.15, 0.2) is 11.2 Å². The first-order valence-corrected chi connectivity index (χ1v) is 7.42. The zero-order chi connectivity index (χ0) is 13.1. The van der Waals surface area contributed by atoms with E-state index >= 15 is 0 Å². The first-order valence-electron chi connectivity index (χ1n) is 7.42. The zero-order valence-corrected chi connectivity index (χ0v) is 11.4. The molecular weight excluding hydrogens is 238 g/mol. The molecule has 3 rings (SSSR count). The van der Waals surface area contributed by atoms with Crippen LogP contribution in [-0.2, 0) is 19.5 Å². The van der Waals surface area contributed by atoms with E-state index in [1.165, 1.54) is 44.3 Å². The Bertz CT molecular complexity index is 433. The maximum Gasteiger partial charge on any atom is 0.189 e. The molecule has 2 heterocycles. The fourth-order valence-corrected chi connectivity index (χ4v) is 3.04. The Labute approximate surface area is 114 Å². The van der Waals surface area contributed by atoms with Crippen LogP contribution in [0.3, 0.4) is 0 Å². The summed E-state index contributed by atoms with van der Waals surface area (Å²) in [5.41, 5.74) is 6.96. The van der Waals surface area contributed by atoms with Crippen molar-refractivity contribution in [2.24, 2.45) is 10.7 Å². The Morgan fingerprint density at radius 1 is 1.37 bits per heavy atom. The van der Waals surface area contributed by atoms with Gasteiger partial charge in [-0.25, -0.2) is 9.98 Å². The third-order valence-electron chi connectivity index (χ3n) is 4.08. The number of aryl methyl sites for hydroxylation is 2. The van der Waals surface area contributed by atoms with E-state index in [2.05, 4.69) is 26.1 Å². The molecule has 19 heavy (non-hydrogen) atoms. The van der Waals surface area contributed by atoms with E-state index in [-0.39, 0.29) is 0 Å². The highest BCUT2D eigenvalue weighted by molar-refractivity contribution is 5.78. The normalized spacial score (nSPS) is 20.5. The second-order valence-corrected chi connectivity index (χ2v) is 5.63. The molecule has 3 N–H and O–H groups in total. The standard InChI is InChI=1S/C14H23N5/c15-14(18-11-5-1-2-6-11)16-9-12-10-19-8-4-3-7-13(19)17-12/h10-11H,1-9H2,(H3,15,16,18). The average molecular weight is 261 g/mol. The summed E-state index contributed by atoms with van der Waals surface area (Å²) in [6, 6.07) is 0.527. The van der Waals surface area contributed by atoms with E-state index in [9.17, 15) is 0 Å². The molecule has 1 fully saturated rings. The van der Waals surface area contributed by atoms with Crippen molar-refractivity contribution in [2.45, 2.75) is 64.1 Å². The van der Waals surface area contributed by atoms with Crippen molar-refractivity contribution < 1.29 is 0 Å². The Morgan fingerprint density at radius 2 is 2.21 bits per heavy atom. The van der Waals surface area contributed by atoms with Crippen molar-refractivity contribution in [3.63, 3.8) is 0 Å². The molecule has 2 aliphatic rings. The van der Waals surface area contributed by atoms with Gasteiger partial charge < -0.3 is 15.6 Å². The lowest BCUT2D eigenvalue weighted by atomic mass is 10.2. The van der Waals surface area contributed by atoms with E-state index in [4.69, 9.17) is 5.73 Å². The lowest BCUT2D eigenvalue weighted by Crippen LogP contribution is -2.38. The molecular formula is C14H23N5. The first-order chi connectivity index (χ1) is 9.31. The van der Waals surface area contributed by atoms with E-state index < -0.39 is 0 Å². The van der Waals surface area contributed by atoms with Crippen LogP contribution in [0.2, 0.25) is 0 Å². The number of nitrogens with one attached hydrogen (secondary N) is 1. The molecule has 0 bridgehead atoms. The molecule has 0 unspecified atom stereocenters. The van der Waals surface area contributed by atoms with Crippen molar-refractivity contribution in [2.75, 3.05) is 0 Å². The minimum Gasteiger partial charge on any atom is -0.370 e. The minimum atomic E-state index is 0.527. The summed E-state index contributed by atoms with van der Waals surface area (Å²) in [4.78, 5) is 9.04. The molecule has 0 amide bonds. The fourth-order valence-electron chi connectivity index (χ4n) is 3.04. The van der Waals surface area contributed by atoms with Crippen LogP contribution in [0.1, 0.15) is 50.0 Å². The highest BCUT2D eigenvalue weighted by atomic mass is 15.1. The largest absolute Gasteiger partial charge is 0.370 e. The van der Waals surface area contributed by atoms with Crippen molar-refractivity contribution >= 4 is 5.96 Å². The number of guanidine groups is 1. The summed E-state index contributed by atoms with van der Waals surface area (Å²) in [7, 11) is 0. The number of aromatic nitrogens is 2. The summed E-state index contributed by atoms with van der Waals surface area (Å²) < 4.78 is 2.26. The van der Waals surface area contributed by atoms with Crippen molar-refractivity contribution in [3.05, 3.63) is 17.7 Å². The van der Waals surface area contributed by atoms with Crippen molar-refractivity contribution in [1.82, 2.24) is 14.9 Å². The number of imidazole rings is 1. The number of aliphatic imine (C=N–C) groups is 1. The van der Waals surface area contributed by atoms with Gasteiger partial charge in [-0.15, -0.1) is 0 Å². The maximum absolute atomic E-state index is 5.93. The highest BCUT2D eigenvalue weighted by Gasteiger charge is 2.15. The topological polar surface area (TPSA) is 68.2 Å². The second kappa shape index (κ2) is 5.63. The Balaban J connectivity index is 1.56. The molecule has 1 aliphatic carbocycles. The monoisotopic (exact) mass is 261 g/mol. The molecule has 1 aromatic rings. The van der Waals surface area contributed by atoms with Gasteiger partial charge in [-0.2, -0.15) is 0 Å². The van der Waals surface area contributed by atoms with Crippen LogP contribution in [0, 0.1) is 0 Å². The summed E-state index contributed by atoms with van der Waals surface area (Å²) in [5.74, 6) is 1.77. The van der Waals surface area contributed by atoms with Crippen LogP contribution >= 0.6 is 0 Å². The molecule has 104 valence electrons. The van der Waals surface area contributed by atoms with Gasteiger partial charge in [0.1, 0.15) is 5.82 Å². The Hall–Kier alpha value is -1.52. The predicted octanol–water partition coefficient (Wildman–Crippen LogP) is 1.57. The van der Waals surface area contributed by atoms with Crippen LogP contribution in [0.5, 0.6) is 0 Å². The van der Waals surface area contributed by atoms with Gasteiger partial charge in [-0.3, -0.25) is 0 Å². The van der Waals surface area contributed by atoms with Gasteiger partial charge in [-0.05, 0) is 25.7 Å². The molecule has 0 saturated heterocycles. The molecule has 5 nitrogen and oxygen atoms in total. The summed E-state index contributed by atoms with van der Waals surface area (Å²) in [5, 5.41) is 3.30. The third-order valence-corrected chi connectivity index (χ3v) is 4.08. The van der Waals surface area contributed by atoms with E-state index in [0.717, 1.165) is 18.7 Å². The molecule has 0 spiro atoms. The Kier molecular flexibility index (Phi) is 3.71. The van der Waals surface area contributed by atoms with Gasteiger partial charge in [0.25, 0.3) is 0 Å². The highest BCUT2D eigenvalue weighted by Crippen LogP contribution is 2.17. The molecule has 1 saturated carbocycles. The zero-order valence-electron chi connectivity index (χ0n) is 11.4. The smallest absolute Gasteiger partial charge is 0.189 e. The number of hydrogen-bond acceptors (Lipinski definition) is 2. The number of hydrogen-bond donors (Lipinski definition) is 2. The molecule has 0 radical (unpaired) electrons. The number of rotatable bonds is 3. The summed E-state index contributed by atoms with van der Waals surface area (Å²) >= 11 is 0. The van der Waals surface area contributed by atoms with Crippen molar-refractivity contribution in [3.8, 4) is 0 Å².